The Hall–Kier alpha value is -0.170. The third kappa shape index (κ3) is 6.24. The van der Waals surface area contributed by atoms with Crippen LogP contribution in [0, 0.1) is 0 Å². The number of rotatable bonds is 4. The average molecular weight is 174 g/mol. The zero-order valence-electron chi connectivity index (χ0n) is 6.70. The first kappa shape index (κ1) is 10.8. The molecular weight excluding hydrogens is 159 g/mol. The molecule has 64 valence electrons. The van der Waals surface area contributed by atoms with Crippen molar-refractivity contribution in [3.8, 4) is 0 Å². The summed E-state index contributed by atoms with van der Waals surface area (Å²) < 4.78 is 0. The van der Waals surface area contributed by atoms with Gasteiger partial charge in [0, 0.05) is 5.16 Å². The Morgan fingerprint density at radius 1 is 1.18 bits per heavy atom. The fourth-order valence-electron chi connectivity index (χ4n) is 0.669. The fourth-order valence-corrected chi connectivity index (χ4v) is 0.941. The van der Waals surface area contributed by atoms with Crippen LogP contribution in [0.2, 0.25) is 0 Å². The summed E-state index contributed by atoms with van der Waals surface area (Å²) in [5, 5.41) is 16.8. The lowest BCUT2D eigenvalue weighted by Crippen LogP contribution is -2.06. The van der Waals surface area contributed by atoms with Gasteiger partial charge in [0.2, 0.25) is 0 Å². The first-order chi connectivity index (χ1) is 5.12. The van der Waals surface area contributed by atoms with Gasteiger partial charge in [-0.2, -0.15) is 0 Å². The molecule has 0 saturated carbocycles. The van der Waals surface area contributed by atoms with Crippen molar-refractivity contribution >= 4 is 9.24 Å². The molecule has 3 heteroatoms. The van der Waals surface area contributed by atoms with Gasteiger partial charge < -0.3 is 10.2 Å². The molecule has 1 atom stereocenters. The SMILES string of the molecule is CC(P)(C=CCO)C=CCO. The third-order valence-corrected chi connectivity index (χ3v) is 1.55. The second-order valence-corrected chi connectivity index (χ2v) is 3.78. The summed E-state index contributed by atoms with van der Waals surface area (Å²) in [5.41, 5.74) is 0. The van der Waals surface area contributed by atoms with E-state index in [4.69, 9.17) is 10.2 Å². The van der Waals surface area contributed by atoms with E-state index in [0.29, 0.717) is 0 Å². The van der Waals surface area contributed by atoms with Gasteiger partial charge in [-0.3, -0.25) is 0 Å². The first-order valence-electron chi connectivity index (χ1n) is 3.48. The van der Waals surface area contributed by atoms with Crippen LogP contribution >= 0.6 is 9.24 Å². The van der Waals surface area contributed by atoms with Crippen molar-refractivity contribution in [1.29, 1.82) is 0 Å². The molecule has 0 heterocycles. The van der Waals surface area contributed by atoms with Crippen LogP contribution in [0.1, 0.15) is 6.92 Å². The Morgan fingerprint density at radius 3 is 1.82 bits per heavy atom. The molecule has 0 aliphatic heterocycles. The molecule has 0 radical (unpaired) electrons. The second kappa shape index (κ2) is 5.48. The van der Waals surface area contributed by atoms with Crippen LogP contribution < -0.4 is 0 Å². The Balaban J connectivity index is 3.99. The van der Waals surface area contributed by atoms with Crippen LogP contribution in [0.3, 0.4) is 0 Å². The molecule has 2 nitrogen and oxygen atoms in total. The van der Waals surface area contributed by atoms with E-state index < -0.39 is 0 Å². The smallest absolute Gasteiger partial charge is 0.0612 e. The van der Waals surface area contributed by atoms with E-state index in [1.54, 1.807) is 12.2 Å². The lowest BCUT2D eigenvalue weighted by atomic mass is 10.1. The third-order valence-electron chi connectivity index (χ3n) is 1.16. The van der Waals surface area contributed by atoms with Crippen LogP contribution in [0.25, 0.3) is 0 Å². The van der Waals surface area contributed by atoms with Gasteiger partial charge in [-0.15, -0.1) is 9.24 Å². The van der Waals surface area contributed by atoms with Crippen LogP contribution in [-0.2, 0) is 0 Å². The Labute approximate surface area is 69.8 Å². The molecule has 0 aliphatic carbocycles. The highest BCUT2D eigenvalue weighted by molar-refractivity contribution is 7.19. The molecule has 0 aromatic heterocycles. The van der Waals surface area contributed by atoms with E-state index in [1.807, 2.05) is 19.1 Å². The normalized spacial score (nSPS) is 17.8. The number of hydrogen-bond acceptors (Lipinski definition) is 2. The van der Waals surface area contributed by atoms with Crippen LogP contribution in [0.4, 0.5) is 0 Å². The Kier molecular flexibility index (Phi) is 5.39. The molecule has 0 aromatic rings. The molecule has 0 rings (SSSR count). The molecule has 0 saturated heterocycles. The van der Waals surface area contributed by atoms with E-state index >= 15 is 0 Å². The van der Waals surface area contributed by atoms with Crippen LogP contribution in [0.5, 0.6) is 0 Å². The van der Waals surface area contributed by atoms with Gasteiger partial charge in [0.1, 0.15) is 0 Å². The fraction of sp³-hybridized carbons (Fsp3) is 0.500. The van der Waals surface area contributed by atoms with Gasteiger partial charge >= 0.3 is 0 Å². The number of hydrogen-bond donors (Lipinski definition) is 2. The minimum Gasteiger partial charge on any atom is -0.392 e. The number of aliphatic hydroxyl groups is 2. The van der Waals surface area contributed by atoms with Gasteiger partial charge in [-0.1, -0.05) is 24.3 Å². The molecule has 0 spiro atoms. The van der Waals surface area contributed by atoms with Crippen molar-refractivity contribution in [2.45, 2.75) is 12.1 Å². The van der Waals surface area contributed by atoms with E-state index in [1.165, 1.54) is 0 Å². The molecule has 0 amide bonds. The molecule has 0 aromatic carbocycles. The van der Waals surface area contributed by atoms with Gasteiger partial charge in [0.05, 0.1) is 13.2 Å². The highest BCUT2D eigenvalue weighted by Crippen LogP contribution is 2.20. The maximum Gasteiger partial charge on any atom is 0.0612 e. The van der Waals surface area contributed by atoms with Crippen molar-refractivity contribution in [3.05, 3.63) is 24.3 Å². The Morgan fingerprint density at radius 2 is 1.55 bits per heavy atom. The molecule has 0 bridgehead atoms. The molecule has 2 N–H and O–H groups in total. The minimum atomic E-state index is -0.161. The first-order valence-corrected chi connectivity index (χ1v) is 4.06. The molecule has 0 aliphatic rings. The van der Waals surface area contributed by atoms with Crippen molar-refractivity contribution in [2.24, 2.45) is 0 Å². The maximum atomic E-state index is 8.49. The number of aliphatic hydroxyl groups excluding tert-OH is 2. The topological polar surface area (TPSA) is 40.5 Å². The summed E-state index contributed by atoms with van der Waals surface area (Å²) in [5.74, 6) is 0. The largest absolute Gasteiger partial charge is 0.392 e. The van der Waals surface area contributed by atoms with E-state index in [2.05, 4.69) is 9.24 Å². The minimum absolute atomic E-state index is 0.0525. The number of allylic oxidation sites excluding steroid dienone is 2. The zero-order chi connectivity index (χ0) is 8.74. The highest BCUT2D eigenvalue weighted by atomic mass is 31.0. The predicted molar refractivity (Wildman–Crippen MR) is 50.6 cm³/mol. The Bertz CT molecular complexity index is 134. The van der Waals surface area contributed by atoms with Crippen LogP contribution in [0.15, 0.2) is 24.3 Å². The maximum absolute atomic E-state index is 8.49. The molecule has 11 heavy (non-hydrogen) atoms. The lowest BCUT2D eigenvalue weighted by molar-refractivity contribution is 0.341. The van der Waals surface area contributed by atoms with Gasteiger partial charge in [-0.25, -0.2) is 0 Å². The highest BCUT2D eigenvalue weighted by Gasteiger charge is 2.07. The average Bonchev–Trinajstić information content (AvgIpc) is 1.97. The summed E-state index contributed by atoms with van der Waals surface area (Å²) >= 11 is 0. The predicted octanol–water partition coefficient (Wildman–Crippen LogP) is 0.717. The summed E-state index contributed by atoms with van der Waals surface area (Å²) in [6.45, 7) is 2.07. The van der Waals surface area contributed by atoms with Crippen molar-refractivity contribution < 1.29 is 10.2 Å². The zero-order valence-corrected chi connectivity index (χ0v) is 7.85. The monoisotopic (exact) mass is 174 g/mol. The van der Waals surface area contributed by atoms with Crippen molar-refractivity contribution in [3.63, 3.8) is 0 Å². The summed E-state index contributed by atoms with van der Waals surface area (Å²) in [4.78, 5) is 0. The summed E-state index contributed by atoms with van der Waals surface area (Å²) in [7, 11) is 2.62. The quantitative estimate of drug-likeness (QED) is 0.487. The molecule has 0 fully saturated rings. The standard InChI is InChI=1S/C8H15O2P/c1-8(11,4-2-6-9)5-3-7-10/h2-5,9-10H,6-7,11H2,1H3. The molecule has 1 unspecified atom stereocenters. The second-order valence-electron chi connectivity index (χ2n) is 2.54. The van der Waals surface area contributed by atoms with E-state index in [-0.39, 0.29) is 18.4 Å². The van der Waals surface area contributed by atoms with Gasteiger partial charge in [0.25, 0.3) is 0 Å². The summed E-state index contributed by atoms with van der Waals surface area (Å²) in [6.07, 6.45) is 7.08. The van der Waals surface area contributed by atoms with Crippen LogP contribution in [-0.4, -0.2) is 28.6 Å². The molecular formula is C8H15O2P. The lowest BCUT2D eigenvalue weighted by Gasteiger charge is -2.13. The van der Waals surface area contributed by atoms with E-state index in [9.17, 15) is 0 Å². The van der Waals surface area contributed by atoms with Gasteiger partial charge in [0.15, 0.2) is 0 Å². The summed E-state index contributed by atoms with van der Waals surface area (Å²) in [6, 6.07) is 0. The van der Waals surface area contributed by atoms with Gasteiger partial charge in [-0.05, 0) is 6.92 Å². The van der Waals surface area contributed by atoms with Crippen molar-refractivity contribution in [2.75, 3.05) is 13.2 Å². The van der Waals surface area contributed by atoms with Crippen molar-refractivity contribution in [1.82, 2.24) is 0 Å². The van der Waals surface area contributed by atoms with E-state index in [0.717, 1.165) is 0 Å².